The van der Waals surface area contributed by atoms with Crippen molar-refractivity contribution in [3.8, 4) is 6.07 Å². The van der Waals surface area contributed by atoms with E-state index in [2.05, 4.69) is 6.07 Å². The second-order valence-electron chi connectivity index (χ2n) is 9.07. The molecule has 0 heterocycles. The molecule has 0 fully saturated rings. The van der Waals surface area contributed by atoms with Gasteiger partial charge < -0.3 is 0 Å². The Hall–Kier alpha value is -5.08. The van der Waals surface area contributed by atoms with Crippen molar-refractivity contribution in [3.05, 3.63) is 153 Å². The predicted molar refractivity (Wildman–Crippen MR) is 151 cm³/mol. The predicted octanol–water partition coefficient (Wildman–Crippen LogP) is 8.00. The van der Waals surface area contributed by atoms with E-state index in [1.54, 1.807) is 12.1 Å². The number of hydrogen-bond donors (Lipinski definition) is 0. The van der Waals surface area contributed by atoms with E-state index in [9.17, 15) is 20.2 Å². The van der Waals surface area contributed by atoms with Crippen molar-refractivity contribution >= 4 is 28.2 Å². The van der Waals surface area contributed by atoms with Gasteiger partial charge in [-0.1, -0.05) is 90.0 Å². The summed E-state index contributed by atoms with van der Waals surface area (Å²) in [6, 6.07) is 33.2. The van der Waals surface area contributed by atoms with Gasteiger partial charge in [-0.05, 0) is 54.3 Å². The van der Waals surface area contributed by atoms with Gasteiger partial charge in [-0.3, -0.25) is 14.9 Å². The van der Waals surface area contributed by atoms with Gasteiger partial charge in [0, 0.05) is 29.7 Å². The van der Waals surface area contributed by atoms with E-state index in [1.807, 2.05) is 98.8 Å². The molecule has 0 aromatic heterocycles. The Morgan fingerprint density at radius 3 is 1.82 bits per heavy atom. The summed E-state index contributed by atoms with van der Waals surface area (Å²) in [4.78, 5) is 24.0. The highest BCUT2D eigenvalue weighted by Crippen LogP contribution is 2.33. The molecule has 0 saturated heterocycles. The van der Waals surface area contributed by atoms with Crippen molar-refractivity contribution in [1.29, 1.82) is 5.26 Å². The molecule has 5 heteroatoms. The monoisotopic (exact) mass is 498 g/mol. The second-order valence-corrected chi connectivity index (χ2v) is 9.07. The minimum absolute atomic E-state index is 0.0304. The van der Waals surface area contributed by atoms with E-state index in [1.165, 1.54) is 12.1 Å². The number of nitro benzene ring substituents is 1. The number of rotatable bonds is 8. The van der Waals surface area contributed by atoms with Crippen molar-refractivity contribution in [2.24, 2.45) is 0 Å². The maximum atomic E-state index is 13.3. The Labute approximate surface area is 222 Å². The summed E-state index contributed by atoms with van der Waals surface area (Å²) >= 11 is 0. The number of allylic oxidation sites excluding steroid dienone is 4. The van der Waals surface area contributed by atoms with Crippen molar-refractivity contribution in [3.63, 3.8) is 0 Å². The summed E-state index contributed by atoms with van der Waals surface area (Å²) in [6.07, 6.45) is 2.04. The highest BCUT2D eigenvalue weighted by Gasteiger charge is 2.16. The summed E-state index contributed by atoms with van der Waals surface area (Å²) in [5.41, 5.74) is 6.72. The average Bonchev–Trinajstić information content (AvgIpc) is 2.94. The molecule has 38 heavy (non-hydrogen) atoms. The van der Waals surface area contributed by atoms with Crippen LogP contribution in [0.4, 0.5) is 5.69 Å². The first kappa shape index (κ1) is 26.0. The fourth-order valence-electron chi connectivity index (χ4n) is 4.14. The fourth-order valence-corrected chi connectivity index (χ4v) is 4.14. The summed E-state index contributed by atoms with van der Waals surface area (Å²) < 4.78 is 0. The SMILES string of the molecule is Cc1ccc(C(=O)C/C(=C/C(=C(/C#N)c2ccc([N+](=O)[O-])cc2)c2ccc(C)cc2)c2ccccc2)cc1. The van der Waals surface area contributed by atoms with Crippen molar-refractivity contribution in [2.75, 3.05) is 0 Å². The molecule has 0 radical (unpaired) electrons. The number of nitriles is 1. The Balaban J connectivity index is 1.91. The van der Waals surface area contributed by atoms with E-state index in [4.69, 9.17) is 0 Å². The lowest BCUT2D eigenvalue weighted by Gasteiger charge is -2.13. The third-order valence-electron chi connectivity index (χ3n) is 6.30. The number of aryl methyl sites for hydroxylation is 2. The van der Waals surface area contributed by atoms with Gasteiger partial charge in [-0.2, -0.15) is 5.26 Å². The Morgan fingerprint density at radius 1 is 0.763 bits per heavy atom. The highest BCUT2D eigenvalue weighted by molar-refractivity contribution is 6.07. The lowest BCUT2D eigenvalue weighted by molar-refractivity contribution is -0.384. The van der Waals surface area contributed by atoms with Crippen LogP contribution in [0.25, 0.3) is 16.7 Å². The van der Waals surface area contributed by atoms with Gasteiger partial charge in [0.05, 0.1) is 10.5 Å². The number of nitro groups is 1. The fraction of sp³-hybridized carbons (Fsp3) is 0.0909. The zero-order valence-corrected chi connectivity index (χ0v) is 21.2. The summed E-state index contributed by atoms with van der Waals surface area (Å²) in [7, 11) is 0. The molecule has 0 aliphatic heterocycles. The number of carbonyl (C=O) groups excluding carboxylic acids is 1. The van der Waals surface area contributed by atoms with Gasteiger partial charge in [0.1, 0.15) is 6.07 Å². The molecule has 0 spiro atoms. The van der Waals surface area contributed by atoms with Gasteiger partial charge in [0.25, 0.3) is 5.69 Å². The molecule has 0 aliphatic rings. The van der Waals surface area contributed by atoms with Crippen LogP contribution in [0.3, 0.4) is 0 Å². The molecule has 4 aromatic carbocycles. The first-order valence-corrected chi connectivity index (χ1v) is 12.2. The van der Waals surface area contributed by atoms with E-state index >= 15 is 0 Å². The molecule has 5 nitrogen and oxygen atoms in total. The van der Waals surface area contributed by atoms with E-state index in [0.717, 1.165) is 27.8 Å². The molecule has 4 rings (SSSR count). The summed E-state index contributed by atoms with van der Waals surface area (Å²) in [5.74, 6) is -0.0304. The zero-order chi connectivity index (χ0) is 27.1. The van der Waals surface area contributed by atoms with Crippen LogP contribution in [-0.2, 0) is 0 Å². The summed E-state index contributed by atoms with van der Waals surface area (Å²) in [6.45, 7) is 3.96. The van der Waals surface area contributed by atoms with Gasteiger partial charge >= 0.3 is 0 Å². The number of benzene rings is 4. The number of carbonyl (C=O) groups is 1. The second kappa shape index (κ2) is 11.8. The lowest BCUT2D eigenvalue weighted by Crippen LogP contribution is -2.02. The van der Waals surface area contributed by atoms with Crippen LogP contribution in [0.15, 0.2) is 109 Å². The molecule has 0 amide bonds. The maximum Gasteiger partial charge on any atom is 0.269 e. The number of non-ortho nitro benzene ring substituents is 1. The van der Waals surface area contributed by atoms with E-state index in [0.29, 0.717) is 22.3 Å². The molecule has 0 aliphatic carbocycles. The largest absolute Gasteiger partial charge is 0.294 e. The molecule has 0 N–H and O–H groups in total. The standard InChI is InChI=1S/C33H26N2O3/c1-23-8-12-26(13-9-23)31(32(22-34)27-16-18-30(19-17-27)35(37)38)20-29(25-6-4-3-5-7-25)21-33(36)28-14-10-24(2)11-15-28/h3-20H,21H2,1-2H3/b29-20-,32-31+. The minimum Gasteiger partial charge on any atom is -0.294 e. The third-order valence-corrected chi connectivity index (χ3v) is 6.30. The first-order chi connectivity index (χ1) is 18.4. The molecule has 186 valence electrons. The lowest BCUT2D eigenvalue weighted by atomic mass is 9.89. The van der Waals surface area contributed by atoms with E-state index in [-0.39, 0.29) is 17.9 Å². The van der Waals surface area contributed by atoms with Crippen LogP contribution in [0, 0.1) is 35.3 Å². The van der Waals surface area contributed by atoms with Crippen LogP contribution in [0.2, 0.25) is 0 Å². The molecule has 0 bridgehead atoms. The molecular formula is C33H26N2O3. The van der Waals surface area contributed by atoms with E-state index < -0.39 is 4.92 Å². The van der Waals surface area contributed by atoms with Gasteiger partial charge in [0.2, 0.25) is 0 Å². The summed E-state index contributed by atoms with van der Waals surface area (Å²) in [5, 5.41) is 21.4. The van der Waals surface area contributed by atoms with Crippen LogP contribution in [0.1, 0.15) is 44.6 Å². The molecule has 0 unspecified atom stereocenters. The van der Waals surface area contributed by atoms with Gasteiger partial charge in [-0.15, -0.1) is 0 Å². The molecular weight excluding hydrogens is 472 g/mol. The number of nitrogens with zero attached hydrogens (tertiary/aromatic N) is 2. The first-order valence-electron chi connectivity index (χ1n) is 12.2. The number of Topliss-reactive ketones (excluding diaryl/α,β-unsaturated/α-hetero) is 1. The van der Waals surface area contributed by atoms with Gasteiger partial charge in [-0.25, -0.2) is 0 Å². The maximum absolute atomic E-state index is 13.3. The topological polar surface area (TPSA) is 84.0 Å². The van der Waals surface area contributed by atoms with Crippen LogP contribution in [0.5, 0.6) is 0 Å². The average molecular weight is 499 g/mol. The zero-order valence-electron chi connectivity index (χ0n) is 21.2. The smallest absolute Gasteiger partial charge is 0.269 e. The van der Waals surface area contributed by atoms with Gasteiger partial charge in [0.15, 0.2) is 5.78 Å². The minimum atomic E-state index is -0.468. The third kappa shape index (κ3) is 6.18. The van der Waals surface area contributed by atoms with Crippen LogP contribution in [-0.4, -0.2) is 10.7 Å². The Morgan fingerprint density at radius 2 is 1.29 bits per heavy atom. The Kier molecular flexibility index (Phi) is 8.05. The Bertz CT molecular complexity index is 1560. The quantitative estimate of drug-likeness (QED) is 0.0615. The highest BCUT2D eigenvalue weighted by atomic mass is 16.6. The molecule has 4 aromatic rings. The van der Waals surface area contributed by atoms with Crippen LogP contribution < -0.4 is 0 Å². The number of hydrogen-bond acceptors (Lipinski definition) is 4. The van der Waals surface area contributed by atoms with Crippen molar-refractivity contribution in [2.45, 2.75) is 20.3 Å². The molecule has 0 saturated carbocycles. The number of ketones is 1. The normalized spacial score (nSPS) is 11.9. The van der Waals surface area contributed by atoms with Crippen LogP contribution >= 0.6 is 0 Å². The van der Waals surface area contributed by atoms with Crippen molar-refractivity contribution in [1.82, 2.24) is 0 Å². The molecule has 0 atom stereocenters. The van der Waals surface area contributed by atoms with Crippen molar-refractivity contribution < 1.29 is 9.72 Å².